The minimum absolute atomic E-state index is 0.682. The number of piperidine rings is 1. The molecule has 108 valence electrons. The van der Waals surface area contributed by atoms with Crippen molar-refractivity contribution in [1.82, 2.24) is 10.2 Å². The molecule has 1 aliphatic heterocycles. The molecule has 1 rings (SSSR count). The van der Waals surface area contributed by atoms with Crippen LogP contribution in [-0.2, 0) is 0 Å². The number of hydrogen-bond donors (Lipinski definition) is 1. The average Bonchev–Trinajstić information content (AvgIpc) is 2.30. The summed E-state index contributed by atoms with van der Waals surface area (Å²) >= 11 is 0. The number of nitrogens with zero attached hydrogens (tertiary/aromatic N) is 1. The van der Waals surface area contributed by atoms with Crippen LogP contribution in [0.5, 0.6) is 0 Å². The van der Waals surface area contributed by atoms with E-state index >= 15 is 0 Å². The molecule has 0 saturated carbocycles. The van der Waals surface area contributed by atoms with Crippen LogP contribution in [-0.4, -0.2) is 36.6 Å². The number of rotatable bonds is 7. The number of hydrogen-bond acceptors (Lipinski definition) is 2. The van der Waals surface area contributed by atoms with E-state index in [9.17, 15) is 0 Å². The van der Waals surface area contributed by atoms with Gasteiger partial charge in [-0.25, -0.2) is 0 Å². The van der Waals surface area contributed by atoms with Gasteiger partial charge in [0.1, 0.15) is 0 Å². The van der Waals surface area contributed by atoms with Crippen LogP contribution in [0.15, 0.2) is 0 Å². The summed E-state index contributed by atoms with van der Waals surface area (Å²) in [6.45, 7) is 15.5. The Kier molecular flexibility index (Phi) is 7.25. The molecule has 1 fully saturated rings. The zero-order valence-corrected chi connectivity index (χ0v) is 13.2. The largest absolute Gasteiger partial charge is 0.311 e. The zero-order chi connectivity index (χ0) is 13.5. The van der Waals surface area contributed by atoms with Gasteiger partial charge in [-0.1, -0.05) is 34.1 Å². The lowest BCUT2D eigenvalue weighted by atomic mass is 9.97. The SMILES string of the molecule is CCC(C)CC(C)NC1CCN(CC(C)C)CC1. The van der Waals surface area contributed by atoms with Gasteiger partial charge in [0, 0.05) is 18.6 Å². The third-order valence-electron chi connectivity index (χ3n) is 4.18. The lowest BCUT2D eigenvalue weighted by Crippen LogP contribution is -2.46. The monoisotopic (exact) mass is 254 g/mol. The fourth-order valence-electron chi connectivity index (χ4n) is 3.04. The van der Waals surface area contributed by atoms with Crippen LogP contribution < -0.4 is 5.32 Å². The zero-order valence-electron chi connectivity index (χ0n) is 13.2. The average molecular weight is 254 g/mol. The summed E-state index contributed by atoms with van der Waals surface area (Å²) in [6.07, 6.45) is 5.29. The Morgan fingerprint density at radius 1 is 1.11 bits per heavy atom. The van der Waals surface area contributed by atoms with Crippen molar-refractivity contribution in [2.45, 2.75) is 72.4 Å². The molecule has 2 atom stereocenters. The van der Waals surface area contributed by atoms with Gasteiger partial charge in [0.25, 0.3) is 0 Å². The molecule has 0 aromatic carbocycles. The lowest BCUT2D eigenvalue weighted by molar-refractivity contribution is 0.173. The van der Waals surface area contributed by atoms with E-state index in [1.807, 2.05) is 0 Å². The van der Waals surface area contributed by atoms with Crippen molar-refractivity contribution in [2.75, 3.05) is 19.6 Å². The molecule has 0 bridgehead atoms. The first-order valence-electron chi connectivity index (χ1n) is 7.99. The summed E-state index contributed by atoms with van der Waals surface area (Å²) in [6, 6.07) is 1.44. The summed E-state index contributed by atoms with van der Waals surface area (Å²) in [5.41, 5.74) is 0. The molecule has 0 amide bonds. The summed E-state index contributed by atoms with van der Waals surface area (Å²) in [5.74, 6) is 1.66. The predicted octanol–water partition coefficient (Wildman–Crippen LogP) is 3.52. The maximum Gasteiger partial charge on any atom is 0.00938 e. The molecule has 2 unspecified atom stereocenters. The Hall–Kier alpha value is -0.0800. The van der Waals surface area contributed by atoms with E-state index in [1.165, 1.54) is 45.3 Å². The van der Waals surface area contributed by atoms with Crippen LogP contribution in [0.1, 0.15) is 60.3 Å². The quantitative estimate of drug-likeness (QED) is 0.748. The molecule has 18 heavy (non-hydrogen) atoms. The highest BCUT2D eigenvalue weighted by molar-refractivity contribution is 4.80. The minimum atomic E-state index is 0.682. The topological polar surface area (TPSA) is 15.3 Å². The van der Waals surface area contributed by atoms with Crippen molar-refractivity contribution >= 4 is 0 Å². The molecule has 1 saturated heterocycles. The first-order chi connectivity index (χ1) is 8.51. The molecule has 0 spiro atoms. The summed E-state index contributed by atoms with van der Waals surface area (Å²) in [7, 11) is 0. The third-order valence-corrected chi connectivity index (χ3v) is 4.18. The van der Waals surface area contributed by atoms with Gasteiger partial charge in [-0.05, 0) is 51.1 Å². The van der Waals surface area contributed by atoms with E-state index < -0.39 is 0 Å². The Labute approximate surface area is 115 Å². The summed E-state index contributed by atoms with van der Waals surface area (Å²) in [4.78, 5) is 2.63. The maximum atomic E-state index is 3.83. The minimum Gasteiger partial charge on any atom is -0.311 e. The van der Waals surface area contributed by atoms with Crippen LogP contribution in [0.25, 0.3) is 0 Å². The standard InChI is InChI=1S/C16H34N2/c1-6-14(4)11-15(5)17-16-7-9-18(10-8-16)12-13(2)3/h13-17H,6-12H2,1-5H3. The normalized spacial score (nSPS) is 22.3. The highest BCUT2D eigenvalue weighted by Gasteiger charge is 2.21. The molecule has 1 aliphatic rings. The molecule has 1 heterocycles. The van der Waals surface area contributed by atoms with E-state index in [4.69, 9.17) is 0 Å². The number of nitrogens with one attached hydrogen (secondary N) is 1. The maximum absolute atomic E-state index is 3.83. The molecular weight excluding hydrogens is 220 g/mol. The third kappa shape index (κ3) is 6.19. The summed E-state index contributed by atoms with van der Waals surface area (Å²) in [5, 5.41) is 3.83. The first kappa shape index (κ1) is 16.0. The fraction of sp³-hybridized carbons (Fsp3) is 1.00. The van der Waals surface area contributed by atoms with Gasteiger partial charge >= 0.3 is 0 Å². The van der Waals surface area contributed by atoms with Gasteiger partial charge in [0.05, 0.1) is 0 Å². The molecule has 0 aliphatic carbocycles. The van der Waals surface area contributed by atoms with Crippen LogP contribution in [0.4, 0.5) is 0 Å². The van der Waals surface area contributed by atoms with Crippen molar-refractivity contribution in [3.8, 4) is 0 Å². The Bertz CT molecular complexity index is 207. The second-order valence-electron chi connectivity index (χ2n) is 6.79. The smallest absolute Gasteiger partial charge is 0.00938 e. The molecule has 1 N–H and O–H groups in total. The fourth-order valence-corrected chi connectivity index (χ4v) is 3.04. The van der Waals surface area contributed by atoms with Gasteiger partial charge in [0.15, 0.2) is 0 Å². The van der Waals surface area contributed by atoms with Crippen molar-refractivity contribution in [1.29, 1.82) is 0 Å². The number of likely N-dealkylation sites (tertiary alicyclic amines) is 1. The second kappa shape index (κ2) is 8.16. The van der Waals surface area contributed by atoms with Gasteiger partial charge < -0.3 is 10.2 Å². The molecule has 2 nitrogen and oxygen atoms in total. The lowest BCUT2D eigenvalue weighted by Gasteiger charge is -2.35. The van der Waals surface area contributed by atoms with Crippen molar-refractivity contribution in [2.24, 2.45) is 11.8 Å². The summed E-state index contributed by atoms with van der Waals surface area (Å²) < 4.78 is 0. The second-order valence-corrected chi connectivity index (χ2v) is 6.79. The van der Waals surface area contributed by atoms with Gasteiger partial charge in [-0.3, -0.25) is 0 Å². The molecule has 0 radical (unpaired) electrons. The van der Waals surface area contributed by atoms with E-state index in [2.05, 4.69) is 44.8 Å². The van der Waals surface area contributed by atoms with Gasteiger partial charge in [-0.15, -0.1) is 0 Å². The molecule has 0 aromatic rings. The van der Waals surface area contributed by atoms with Crippen molar-refractivity contribution < 1.29 is 0 Å². The Morgan fingerprint density at radius 2 is 1.72 bits per heavy atom. The van der Waals surface area contributed by atoms with Crippen LogP contribution in [0, 0.1) is 11.8 Å². The highest BCUT2D eigenvalue weighted by Crippen LogP contribution is 2.15. The van der Waals surface area contributed by atoms with Crippen LogP contribution in [0.3, 0.4) is 0 Å². The van der Waals surface area contributed by atoms with E-state index in [0.29, 0.717) is 6.04 Å². The van der Waals surface area contributed by atoms with Gasteiger partial charge in [0.2, 0.25) is 0 Å². The van der Waals surface area contributed by atoms with E-state index in [-0.39, 0.29) is 0 Å². The van der Waals surface area contributed by atoms with Crippen molar-refractivity contribution in [3.05, 3.63) is 0 Å². The predicted molar refractivity (Wildman–Crippen MR) is 81.0 cm³/mol. The molecular formula is C16H34N2. The molecule has 2 heteroatoms. The first-order valence-corrected chi connectivity index (χ1v) is 7.99. The van der Waals surface area contributed by atoms with E-state index in [1.54, 1.807) is 0 Å². The molecule has 0 aromatic heterocycles. The van der Waals surface area contributed by atoms with Gasteiger partial charge in [-0.2, -0.15) is 0 Å². The Balaban J connectivity index is 2.18. The highest BCUT2D eigenvalue weighted by atomic mass is 15.1. The van der Waals surface area contributed by atoms with Crippen LogP contribution in [0.2, 0.25) is 0 Å². The van der Waals surface area contributed by atoms with Crippen molar-refractivity contribution in [3.63, 3.8) is 0 Å². The van der Waals surface area contributed by atoms with Crippen LogP contribution >= 0.6 is 0 Å². The Morgan fingerprint density at radius 3 is 2.22 bits per heavy atom. The van der Waals surface area contributed by atoms with E-state index in [0.717, 1.165) is 17.9 Å².